The molecule has 0 radical (unpaired) electrons. The van der Waals surface area contributed by atoms with Crippen molar-refractivity contribution >= 4 is 11.6 Å². The average molecular weight is 269 g/mol. The largest absolute Gasteiger partial charge is 0.388 e. The van der Waals surface area contributed by atoms with Crippen molar-refractivity contribution in [3.8, 4) is 0 Å². The van der Waals surface area contributed by atoms with Crippen LogP contribution in [0.25, 0.3) is 0 Å². The van der Waals surface area contributed by atoms with E-state index >= 15 is 0 Å². The van der Waals surface area contributed by atoms with Crippen molar-refractivity contribution in [3.63, 3.8) is 0 Å². The van der Waals surface area contributed by atoms with Crippen LogP contribution in [0.15, 0.2) is 30.5 Å². The Balaban J connectivity index is 2.06. The summed E-state index contributed by atoms with van der Waals surface area (Å²) in [5.41, 5.74) is 1.44. The summed E-state index contributed by atoms with van der Waals surface area (Å²) in [6.07, 6.45) is 2.06. The molecule has 96 valence electrons. The summed E-state index contributed by atoms with van der Waals surface area (Å²) < 4.78 is 15.0. The van der Waals surface area contributed by atoms with Crippen LogP contribution in [0.1, 0.15) is 23.8 Å². The highest BCUT2D eigenvalue weighted by atomic mass is 35.5. The highest BCUT2D eigenvalue weighted by molar-refractivity contribution is 6.31. The van der Waals surface area contributed by atoms with Crippen molar-refractivity contribution in [1.29, 1.82) is 0 Å². The highest BCUT2D eigenvalue weighted by Crippen LogP contribution is 2.28. The molecule has 2 aromatic rings. The molecule has 2 rings (SSSR count). The zero-order chi connectivity index (χ0) is 13.1. The molecule has 0 spiro atoms. The van der Waals surface area contributed by atoms with Crippen LogP contribution in [0, 0.1) is 5.82 Å². The third-order valence-corrected chi connectivity index (χ3v) is 3.34. The topological polar surface area (TPSA) is 38.0 Å². The van der Waals surface area contributed by atoms with Gasteiger partial charge in [0.2, 0.25) is 0 Å². The zero-order valence-electron chi connectivity index (χ0n) is 9.98. The Morgan fingerprint density at radius 1 is 1.44 bits per heavy atom. The molecule has 18 heavy (non-hydrogen) atoms. The lowest BCUT2D eigenvalue weighted by molar-refractivity contribution is 0.167. The first kappa shape index (κ1) is 13.1. The monoisotopic (exact) mass is 268 g/mol. The first-order valence-corrected chi connectivity index (χ1v) is 6.06. The molecule has 1 atom stereocenters. The smallest absolute Gasteiger partial charge is 0.142 e. The summed E-state index contributed by atoms with van der Waals surface area (Å²) in [7, 11) is 1.84. The van der Waals surface area contributed by atoms with E-state index in [2.05, 4.69) is 5.10 Å². The Hall–Kier alpha value is -1.39. The van der Waals surface area contributed by atoms with Gasteiger partial charge in [-0.15, -0.1) is 0 Å². The van der Waals surface area contributed by atoms with Gasteiger partial charge in [0.15, 0.2) is 0 Å². The van der Waals surface area contributed by atoms with Crippen molar-refractivity contribution in [2.45, 2.75) is 18.9 Å². The fourth-order valence-corrected chi connectivity index (χ4v) is 2.12. The van der Waals surface area contributed by atoms with Gasteiger partial charge in [-0.2, -0.15) is 5.10 Å². The molecule has 0 amide bonds. The number of aliphatic hydroxyl groups is 1. The van der Waals surface area contributed by atoms with Crippen LogP contribution in [0.4, 0.5) is 4.39 Å². The summed E-state index contributed by atoms with van der Waals surface area (Å²) in [6, 6.07) is 6.35. The molecule has 1 N–H and O–H groups in total. The van der Waals surface area contributed by atoms with E-state index in [1.54, 1.807) is 23.0 Å². The summed E-state index contributed by atoms with van der Waals surface area (Å²) in [5, 5.41) is 14.1. The molecular formula is C13H14ClFN2O. The van der Waals surface area contributed by atoms with Crippen molar-refractivity contribution < 1.29 is 9.50 Å². The lowest BCUT2D eigenvalue weighted by Crippen LogP contribution is -2.04. The van der Waals surface area contributed by atoms with Gasteiger partial charge in [-0.25, -0.2) is 4.39 Å². The fourth-order valence-electron chi connectivity index (χ4n) is 1.86. The quantitative estimate of drug-likeness (QED) is 0.926. The minimum absolute atomic E-state index is 0.00462. The van der Waals surface area contributed by atoms with E-state index in [0.717, 1.165) is 5.69 Å². The van der Waals surface area contributed by atoms with Crippen LogP contribution >= 0.6 is 11.6 Å². The predicted octanol–water partition coefficient (Wildman–Crippen LogP) is 2.88. The number of benzene rings is 1. The molecule has 0 fully saturated rings. The van der Waals surface area contributed by atoms with Crippen LogP contribution in [-0.2, 0) is 13.5 Å². The molecule has 1 aromatic carbocycles. The maximum Gasteiger partial charge on any atom is 0.142 e. The molecule has 0 bridgehead atoms. The molecule has 0 aliphatic rings. The van der Waals surface area contributed by atoms with Gasteiger partial charge in [-0.1, -0.05) is 23.7 Å². The molecular weight excluding hydrogens is 255 g/mol. The Kier molecular flexibility index (Phi) is 3.99. The second-order valence-electron chi connectivity index (χ2n) is 4.14. The minimum Gasteiger partial charge on any atom is -0.388 e. The molecule has 0 saturated carbocycles. The van der Waals surface area contributed by atoms with Gasteiger partial charge < -0.3 is 5.11 Å². The Morgan fingerprint density at radius 2 is 2.22 bits per heavy atom. The molecule has 5 heteroatoms. The second-order valence-corrected chi connectivity index (χ2v) is 4.52. The van der Waals surface area contributed by atoms with Gasteiger partial charge in [0.25, 0.3) is 0 Å². The number of hydrogen-bond acceptors (Lipinski definition) is 2. The third-order valence-electron chi connectivity index (χ3n) is 2.94. The van der Waals surface area contributed by atoms with E-state index in [0.29, 0.717) is 18.4 Å². The number of nitrogens with zero attached hydrogens (tertiary/aromatic N) is 2. The van der Waals surface area contributed by atoms with Gasteiger partial charge >= 0.3 is 0 Å². The van der Waals surface area contributed by atoms with Crippen LogP contribution in [0.3, 0.4) is 0 Å². The normalized spacial score (nSPS) is 12.7. The van der Waals surface area contributed by atoms with Crippen molar-refractivity contribution in [2.75, 3.05) is 0 Å². The molecule has 0 aliphatic heterocycles. The summed E-state index contributed by atoms with van der Waals surface area (Å²) in [4.78, 5) is 0. The van der Waals surface area contributed by atoms with Gasteiger partial charge in [-0.05, 0) is 25.0 Å². The molecule has 3 nitrogen and oxygen atoms in total. The minimum atomic E-state index is -0.775. The lowest BCUT2D eigenvalue weighted by atomic mass is 10.0. The van der Waals surface area contributed by atoms with Crippen LogP contribution < -0.4 is 0 Å². The highest BCUT2D eigenvalue weighted by Gasteiger charge is 2.14. The Morgan fingerprint density at radius 3 is 2.89 bits per heavy atom. The number of hydrogen-bond donors (Lipinski definition) is 1. The van der Waals surface area contributed by atoms with Crippen LogP contribution in [-0.4, -0.2) is 14.9 Å². The van der Waals surface area contributed by atoms with E-state index < -0.39 is 11.9 Å². The second kappa shape index (κ2) is 5.50. The first-order chi connectivity index (χ1) is 8.59. The molecule has 1 unspecified atom stereocenters. The zero-order valence-corrected chi connectivity index (χ0v) is 10.7. The first-order valence-electron chi connectivity index (χ1n) is 5.68. The summed E-state index contributed by atoms with van der Waals surface area (Å²) in [6.45, 7) is 0. The number of aliphatic hydroxyl groups excluding tert-OH is 1. The Labute approximate surface area is 110 Å². The summed E-state index contributed by atoms with van der Waals surface area (Å²) >= 11 is 5.83. The maximum atomic E-state index is 13.3. The number of aromatic nitrogens is 2. The number of aryl methyl sites for hydroxylation is 2. The third kappa shape index (κ3) is 2.71. The average Bonchev–Trinajstić information content (AvgIpc) is 2.75. The van der Waals surface area contributed by atoms with Gasteiger partial charge in [0.05, 0.1) is 11.1 Å². The predicted molar refractivity (Wildman–Crippen MR) is 67.9 cm³/mol. The van der Waals surface area contributed by atoms with Crippen molar-refractivity contribution in [2.24, 2.45) is 7.05 Å². The molecule has 0 aliphatic carbocycles. The van der Waals surface area contributed by atoms with E-state index in [9.17, 15) is 9.50 Å². The molecule has 0 saturated heterocycles. The standard InChI is InChI=1S/C13H14ClFN2O/c1-17-9(7-8-16-17)5-6-12(18)10-3-2-4-11(15)13(10)14/h2-4,7-8,12,18H,5-6H2,1H3. The maximum absolute atomic E-state index is 13.3. The van der Waals surface area contributed by atoms with E-state index in [-0.39, 0.29) is 5.02 Å². The van der Waals surface area contributed by atoms with Crippen LogP contribution in [0.5, 0.6) is 0 Å². The van der Waals surface area contributed by atoms with E-state index in [1.165, 1.54) is 6.07 Å². The number of rotatable bonds is 4. The van der Waals surface area contributed by atoms with Crippen LogP contribution in [0.2, 0.25) is 5.02 Å². The van der Waals surface area contributed by atoms with Crippen molar-refractivity contribution in [3.05, 3.63) is 52.6 Å². The van der Waals surface area contributed by atoms with Gasteiger partial charge in [-0.3, -0.25) is 4.68 Å². The van der Waals surface area contributed by atoms with E-state index in [4.69, 9.17) is 11.6 Å². The summed E-state index contributed by atoms with van der Waals surface area (Å²) in [5.74, 6) is -0.506. The Bertz CT molecular complexity index is 542. The van der Waals surface area contributed by atoms with Gasteiger partial charge in [0.1, 0.15) is 5.82 Å². The SMILES string of the molecule is Cn1nccc1CCC(O)c1cccc(F)c1Cl. The van der Waals surface area contributed by atoms with E-state index in [1.807, 2.05) is 13.1 Å². The van der Waals surface area contributed by atoms with Gasteiger partial charge in [0, 0.05) is 24.5 Å². The fraction of sp³-hybridized carbons (Fsp3) is 0.308. The molecule has 1 aromatic heterocycles. The number of halogens is 2. The lowest BCUT2D eigenvalue weighted by Gasteiger charge is -2.13. The molecule has 1 heterocycles. The van der Waals surface area contributed by atoms with Crippen molar-refractivity contribution in [1.82, 2.24) is 9.78 Å².